The number of benzene rings is 3. The van der Waals surface area contributed by atoms with Gasteiger partial charge in [-0.3, -0.25) is 10.2 Å². The Morgan fingerprint density at radius 2 is 1.36 bits per heavy atom. The minimum Gasteiger partial charge on any atom is -0.508 e. The summed E-state index contributed by atoms with van der Waals surface area (Å²) in [6, 6.07) is 19.5. The monoisotopic (exact) mass is 391 g/mol. The first-order chi connectivity index (χ1) is 13.4. The zero-order valence-electron chi connectivity index (χ0n) is 14.7. The molecule has 6 nitrogen and oxygen atoms in total. The van der Waals surface area contributed by atoms with Crippen LogP contribution in [0.2, 0.25) is 0 Å². The van der Waals surface area contributed by atoms with E-state index in [1.807, 2.05) is 0 Å². The van der Waals surface area contributed by atoms with Crippen molar-refractivity contribution >= 4 is 28.8 Å². The molecule has 0 radical (unpaired) electrons. The Bertz CT molecular complexity index is 1050. The minimum absolute atomic E-state index is 0.00704. The molecule has 140 valence electrons. The van der Waals surface area contributed by atoms with Gasteiger partial charge < -0.3 is 15.9 Å². The molecule has 7 heteroatoms. The summed E-state index contributed by atoms with van der Waals surface area (Å²) >= 11 is 4.82. The van der Waals surface area contributed by atoms with Crippen LogP contribution in [0.1, 0.15) is 27.0 Å². The average Bonchev–Trinajstić information content (AvgIpc) is 2.69. The summed E-state index contributed by atoms with van der Waals surface area (Å²) in [4.78, 5) is 12.8. The molecule has 0 aliphatic heterocycles. The van der Waals surface area contributed by atoms with Gasteiger partial charge in [0.15, 0.2) is 10.9 Å². The van der Waals surface area contributed by atoms with Crippen molar-refractivity contribution in [2.45, 2.75) is 0 Å². The third kappa shape index (κ3) is 4.52. The van der Waals surface area contributed by atoms with Gasteiger partial charge in [0.1, 0.15) is 11.5 Å². The van der Waals surface area contributed by atoms with Crippen molar-refractivity contribution in [2.75, 3.05) is 0 Å². The Morgan fingerprint density at radius 3 is 1.93 bits per heavy atom. The number of hydrogen-bond acceptors (Lipinski definition) is 5. The van der Waals surface area contributed by atoms with Crippen LogP contribution in [0.15, 0.2) is 77.9 Å². The molecule has 5 N–H and O–H groups in total. The van der Waals surface area contributed by atoms with Crippen LogP contribution in [0.25, 0.3) is 0 Å². The van der Waals surface area contributed by atoms with Crippen LogP contribution >= 0.6 is 12.2 Å². The lowest BCUT2D eigenvalue weighted by atomic mass is 9.97. The lowest BCUT2D eigenvalue weighted by molar-refractivity contribution is 0.103. The number of aromatic hydroxyl groups is 2. The van der Waals surface area contributed by atoms with E-state index in [9.17, 15) is 15.0 Å². The second-order valence-corrected chi connectivity index (χ2v) is 6.38. The van der Waals surface area contributed by atoms with Gasteiger partial charge in [0.25, 0.3) is 0 Å². The molecule has 3 rings (SSSR count). The van der Waals surface area contributed by atoms with Crippen molar-refractivity contribution < 1.29 is 15.0 Å². The number of hydrogen-bond donors (Lipinski definition) is 4. The second-order valence-electron chi connectivity index (χ2n) is 5.94. The van der Waals surface area contributed by atoms with E-state index in [-0.39, 0.29) is 22.4 Å². The van der Waals surface area contributed by atoms with Crippen LogP contribution in [-0.4, -0.2) is 26.8 Å². The molecular formula is C21H17N3O3S. The third-order valence-electron chi connectivity index (χ3n) is 3.95. The summed E-state index contributed by atoms with van der Waals surface area (Å²) in [5.74, 6) is 0.0340. The van der Waals surface area contributed by atoms with Crippen molar-refractivity contribution in [1.82, 2.24) is 5.43 Å². The molecule has 0 amide bonds. The van der Waals surface area contributed by atoms with Gasteiger partial charge in [0, 0.05) is 22.3 Å². The zero-order valence-corrected chi connectivity index (χ0v) is 15.5. The van der Waals surface area contributed by atoms with Crippen LogP contribution in [0.3, 0.4) is 0 Å². The fourth-order valence-corrected chi connectivity index (χ4v) is 2.66. The van der Waals surface area contributed by atoms with E-state index in [1.165, 1.54) is 24.3 Å². The van der Waals surface area contributed by atoms with Gasteiger partial charge in [-0.15, -0.1) is 0 Å². The number of phenolic OH excluding ortho intramolecular Hbond substituents is 2. The van der Waals surface area contributed by atoms with Crippen molar-refractivity contribution in [3.8, 4) is 11.5 Å². The lowest BCUT2D eigenvalue weighted by Crippen LogP contribution is -2.26. The first-order valence-electron chi connectivity index (χ1n) is 8.31. The Kier molecular flexibility index (Phi) is 5.67. The van der Waals surface area contributed by atoms with Crippen molar-refractivity contribution in [1.29, 1.82) is 0 Å². The van der Waals surface area contributed by atoms with E-state index in [1.54, 1.807) is 48.5 Å². The largest absolute Gasteiger partial charge is 0.508 e. The van der Waals surface area contributed by atoms with E-state index < -0.39 is 0 Å². The number of phenols is 2. The standard InChI is InChI=1S/C21H17N3O3S/c22-21(28)24-23-19(13-4-8-17(25)9-5-13)15-2-1-3-16(12-15)20(27)14-6-10-18(26)11-7-14/h1-12,25-26H,(H3,22,24,28)/b23-19+. The SMILES string of the molecule is NC(=S)N/N=C(\c1ccc(O)cc1)c1cccc(C(=O)c2ccc(O)cc2)c1. The highest BCUT2D eigenvalue weighted by atomic mass is 32.1. The quantitative estimate of drug-likeness (QED) is 0.231. The number of carbonyl (C=O) groups is 1. The summed E-state index contributed by atoms with van der Waals surface area (Å²) in [5, 5.41) is 23.2. The molecule has 0 aliphatic carbocycles. The molecule has 0 bridgehead atoms. The van der Waals surface area contributed by atoms with Crippen molar-refractivity contribution in [3.05, 3.63) is 95.1 Å². The fourth-order valence-electron chi connectivity index (χ4n) is 2.61. The Balaban J connectivity index is 2.01. The first-order valence-corrected chi connectivity index (χ1v) is 8.71. The first kappa shape index (κ1) is 19.1. The van der Waals surface area contributed by atoms with Crippen LogP contribution in [0, 0.1) is 0 Å². The summed E-state index contributed by atoms with van der Waals surface area (Å²) in [7, 11) is 0. The maximum Gasteiger partial charge on any atom is 0.193 e. The van der Waals surface area contributed by atoms with Crippen molar-refractivity contribution in [3.63, 3.8) is 0 Å². The number of nitrogens with zero attached hydrogens (tertiary/aromatic N) is 1. The maximum absolute atomic E-state index is 12.8. The second kappa shape index (κ2) is 8.32. The molecule has 3 aromatic carbocycles. The number of nitrogens with two attached hydrogens (primary N) is 1. The van der Waals surface area contributed by atoms with E-state index in [0.29, 0.717) is 28.0 Å². The van der Waals surface area contributed by atoms with Gasteiger partial charge in [-0.1, -0.05) is 18.2 Å². The fraction of sp³-hybridized carbons (Fsp3) is 0. The molecule has 0 aromatic heterocycles. The van der Waals surface area contributed by atoms with Crippen LogP contribution in [0.5, 0.6) is 11.5 Å². The van der Waals surface area contributed by atoms with Gasteiger partial charge >= 0.3 is 0 Å². The lowest BCUT2D eigenvalue weighted by Gasteiger charge is -2.10. The summed E-state index contributed by atoms with van der Waals surface area (Å²) < 4.78 is 0. The summed E-state index contributed by atoms with van der Waals surface area (Å²) in [6.07, 6.45) is 0. The van der Waals surface area contributed by atoms with E-state index in [4.69, 9.17) is 18.0 Å². The highest BCUT2D eigenvalue weighted by Crippen LogP contribution is 2.19. The third-order valence-corrected chi connectivity index (χ3v) is 4.04. The molecule has 0 atom stereocenters. The van der Waals surface area contributed by atoms with E-state index >= 15 is 0 Å². The predicted molar refractivity (Wildman–Crippen MR) is 112 cm³/mol. The molecule has 0 aliphatic rings. The smallest absolute Gasteiger partial charge is 0.193 e. The Morgan fingerprint density at radius 1 is 0.821 bits per heavy atom. The number of nitrogens with one attached hydrogen (secondary N) is 1. The van der Waals surface area contributed by atoms with E-state index in [0.717, 1.165) is 0 Å². The van der Waals surface area contributed by atoms with E-state index in [2.05, 4.69) is 10.5 Å². The summed E-state index contributed by atoms with van der Waals surface area (Å²) in [5.41, 5.74) is 10.9. The highest BCUT2D eigenvalue weighted by Gasteiger charge is 2.13. The zero-order chi connectivity index (χ0) is 20.1. The molecule has 0 heterocycles. The van der Waals surface area contributed by atoms with Crippen LogP contribution in [-0.2, 0) is 0 Å². The predicted octanol–water partition coefficient (Wildman–Crippen LogP) is 2.91. The van der Waals surface area contributed by atoms with Crippen LogP contribution in [0.4, 0.5) is 0 Å². The van der Waals surface area contributed by atoms with Gasteiger partial charge in [-0.25, -0.2) is 0 Å². The molecular weight excluding hydrogens is 374 g/mol. The van der Waals surface area contributed by atoms with Gasteiger partial charge in [-0.05, 0) is 66.8 Å². The number of rotatable bonds is 5. The Labute approximate surface area is 167 Å². The molecule has 0 saturated heterocycles. The maximum atomic E-state index is 12.8. The number of carbonyl (C=O) groups excluding carboxylic acids is 1. The molecule has 0 unspecified atom stereocenters. The molecule has 0 saturated carbocycles. The molecule has 3 aromatic rings. The minimum atomic E-state index is -0.186. The number of thiocarbonyl (C=S) groups is 1. The number of hydrazone groups is 1. The molecule has 0 spiro atoms. The van der Waals surface area contributed by atoms with Gasteiger partial charge in [0.05, 0.1) is 5.71 Å². The summed E-state index contributed by atoms with van der Waals surface area (Å²) in [6.45, 7) is 0. The topological polar surface area (TPSA) is 108 Å². The molecule has 0 fully saturated rings. The Hall–Kier alpha value is -3.71. The normalized spacial score (nSPS) is 11.1. The highest BCUT2D eigenvalue weighted by molar-refractivity contribution is 7.80. The number of ketones is 1. The van der Waals surface area contributed by atoms with Gasteiger partial charge in [-0.2, -0.15) is 5.10 Å². The van der Waals surface area contributed by atoms with Gasteiger partial charge in [0.2, 0.25) is 0 Å². The van der Waals surface area contributed by atoms with Crippen molar-refractivity contribution in [2.24, 2.45) is 10.8 Å². The van der Waals surface area contributed by atoms with Crippen LogP contribution < -0.4 is 11.2 Å². The molecule has 28 heavy (non-hydrogen) atoms. The average molecular weight is 391 g/mol.